The zero-order chi connectivity index (χ0) is 14.9. The maximum Gasteiger partial charge on any atom is 0.281 e. The van der Waals surface area contributed by atoms with Gasteiger partial charge in [-0.25, -0.2) is 4.68 Å². The molecule has 0 fully saturated rings. The van der Waals surface area contributed by atoms with Crippen molar-refractivity contribution in [2.75, 3.05) is 4.72 Å². The fraction of sp³-hybridized carbons (Fsp3) is 0.333. The molecule has 0 spiro atoms. The van der Waals surface area contributed by atoms with Gasteiger partial charge in [-0.3, -0.25) is 4.72 Å². The van der Waals surface area contributed by atoms with Crippen LogP contribution in [0.15, 0.2) is 27.8 Å². The molecule has 6 nitrogen and oxygen atoms in total. The van der Waals surface area contributed by atoms with Crippen molar-refractivity contribution in [2.24, 2.45) is 7.05 Å². The summed E-state index contributed by atoms with van der Waals surface area (Å²) < 4.78 is 29.0. The van der Waals surface area contributed by atoms with E-state index in [2.05, 4.69) is 31.0 Å². The Labute approximate surface area is 126 Å². The smallest absolute Gasteiger partial charge is 0.278 e. The largest absolute Gasteiger partial charge is 0.281 e. The van der Waals surface area contributed by atoms with Gasteiger partial charge in [0.05, 0.1) is 5.69 Å². The van der Waals surface area contributed by atoms with Crippen molar-refractivity contribution >= 4 is 31.6 Å². The molecule has 0 saturated heterocycles. The molecule has 20 heavy (non-hydrogen) atoms. The quantitative estimate of drug-likeness (QED) is 0.908. The van der Waals surface area contributed by atoms with Crippen molar-refractivity contribution in [1.82, 2.24) is 15.0 Å². The standard InChI is InChI=1S/C12H15BrN4O2S/c1-4-9-7-5-6-8(2)10(9)15-20(18,19)12-11(13)14-16-17(12)3/h5-7,15H,4H2,1-3H3. The Bertz CT molecular complexity index is 720. The van der Waals surface area contributed by atoms with Crippen LogP contribution in [0.4, 0.5) is 5.69 Å². The van der Waals surface area contributed by atoms with Gasteiger partial charge in [0.25, 0.3) is 10.0 Å². The van der Waals surface area contributed by atoms with E-state index in [4.69, 9.17) is 0 Å². The Kier molecular flexibility index (Phi) is 4.14. The van der Waals surface area contributed by atoms with E-state index in [1.54, 1.807) is 0 Å². The minimum atomic E-state index is -3.75. The Morgan fingerprint density at radius 1 is 1.40 bits per heavy atom. The molecule has 0 aliphatic rings. The summed E-state index contributed by atoms with van der Waals surface area (Å²) in [5, 5.41) is 7.39. The molecular weight excluding hydrogens is 344 g/mol. The molecule has 1 N–H and O–H groups in total. The maximum absolute atomic E-state index is 12.5. The zero-order valence-electron chi connectivity index (χ0n) is 11.4. The summed E-state index contributed by atoms with van der Waals surface area (Å²) >= 11 is 3.11. The molecule has 0 aliphatic carbocycles. The monoisotopic (exact) mass is 358 g/mol. The number of sulfonamides is 1. The van der Waals surface area contributed by atoms with Gasteiger partial charge < -0.3 is 0 Å². The topological polar surface area (TPSA) is 76.9 Å². The fourth-order valence-electron chi connectivity index (χ4n) is 1.96. The molecule has 8 heteroatoms. The SMILES string of the molecule is CCc1cccc(C)c1NS(=O)(=O)c1c(Br)nnn1C. The zero-order valence-corrected chi connectivity index (χ0v) is 13.8. The van der Waals surface area contributed by atoms with Crippen molar-refractivity contribution in [1.29, 1.82) is 0 Å². The Hall–Kier alpha value is -1.41. The molecule has 0 atom stereocenters. The second-order valence-electron chi connectivity index (χ2n) is 4.38. The number of halogens is 1. The third-order valence-electron chi connectivity index (χ3n) is 2.97. The van der Waals surface area contributed by atoms with Crippen molar-refractivity contribution in [2.45, 2.75) is 25.3 Å². The van der Waals surface area contributed by atoms with Crippen molar-refractivity contribution in [3.8, 4) is 0 Å². The molecule has 108 valence electrons. The molecule has 0 saturated carbocycles. The molecule has 0 bridgehead atoms. The number of nitrogens with one attached hydrogen (secondary N) is 1. The van der Waals surface area contributed by atoms with E-state index < -0.39 is 10.0 Å². The van der Waals surface area contributed by atoms with Crippen LogP contribution >= 0.6 is 15.9 Å². The van der Waals surface area contributed by atoms with E-state index >= 15 is 0 Å². The summed E-state index contributed by atoms with van der Waals surface area (Å²) in [5.74, 6) is 0. The molecule has 0 aliphatic heterocycles. The van der Waals surface area contributed by atoms with Crippen LogP contribution in [0, 0.1) is 6.92 Å². The molecule has 2 aromatic rings. The van der Waals surface area contributed by atoms with Crippen LogP contribution in [0.5, 0.6) is 0 Å². The normalized spacial score (nSPS) is 11.6. The Balaban J connectivity index is 2.50. The summed E-state index contributed by atoms with van der Waals surface area (Å²) in [6, 6.07) is 5.68. The van der Waals surface area contributed by atoms with Crippen LogP contribution in [0.25, 0.3) is 0 Å². The summed E-state index contributed by atoms with van der Waals surface area (Å²) in [6.45, 7) is 3.85. The van der Waals surface area contributed by atoms with E-state index in [9.17, 15) is 8.42 Å². The van der Waals surface area contributed by atoms with Crippen LogP contribution < -0.4 is 4.72 Å². The van der Waals surface area contributed by atoms with Gasteiger partial charge in [-0.15, -0.1) is 5.10 Å². The summed E-state index contributed by atoms with van der Waals surface area (Å²) in [7, 11) is -2.21. The lowest BCUT2D eigenvalue weighted by Gasteiger charge is -2.14. The molecule has 1 aromatic heterocycles. The van der Waals surface area contributed by atoms with Crippen LogP contribution in [-0.2, 0) is 23.5 Å². The third kappa shape index (κ3) is 2.71. The summed E-state index contributed by atoms with van der Waals surface area (Å²) in [6.07, 6.45) is 0.740. The highest BCUT2D eigenvalue weighted by Gasteiger charge is 2.25. The van der Waals surface area contributed by atoms with E-state index in [0.717, 1.165) is 17.5 Å². The second kappa shape index (κ2) is 5.53. The van der Waals surface area contributed by atoms with Crippen molar-refractivity contribution in [3.63, 3.8) is 0 Å². The van der Waals surface area contributed by atoms with E-state index in [-0.39, 0.29) is 9.63 Å². The van der Waals surface area contributed by atoms with E-state index in [1.165, 1.54) is 11.7 Å². The first-order valence-corrected chi connectivity index (χ1v) is 8.31. The first-order chi connectivity index (χ1) is 9.36. The van der Waals surface area contributed by atoms with Crippen LogP contribution in [0.2, 0.25) is 0 Å². The van der Waals surface area contributed by atoms with Gasteiger partial charge in [0.2, 0.25) is 5.03 Å². The van der Waals surface area contributed by atoms with Crippen molar-refractivity contribution in [3.05, 3.63) is 33.9 Å². The van der Waals surface area contributed by atoms with Gasteiger partial charge in [0.1, 0.15) is 0 Å². The van der Waals surface area contributed by atoms with Gasteiger partial charge in [-0.05, 0) is 40.4 Å². The van der Waals surface area contributed by atoms with Gasteiger partial charge in [-0.2, -0.15) is 8.42 Å². The molecule has 1 heterocycles. The lowest BCUT2D eigenvalue weighted by molar-refractivity contribution is 0.578. The van der Waals surface area contributed by atoms with E-state index in [0.29, 0.717) is 5.69 Å². The van der Waals surface area contributed by atoms with Crippen LogP contribution in [0.1, 0.15) is 18.1 Å². The Morgan fingerprint density at radius 2 is 2.10 bits per heavy atom. The molecular formula is C12H15BrN4O2S. The maximum atomic E-state index is 12.5. The number of aryl methyl sites for hydroxylation is 3. The number of hydrogen-bond donors (Lipinski definition) is 1. The number of rotatable bonds is 4. The number of benzene rings is 1. The predicted molar refractivity (Wildman–Crippen MR) is 80.1 cm³/mol. The van der Waals surface area contributed by atoms with Gasteiger partial charge >= 0.3 is 0 Å². The number of aromatic nitrogens is 3. The summed E-state index contributed by atoms with van der Waals surface area (Å²) in [5.41, 5.74) is 2.43. The third-order valence-corrected chi connectivity index (χ3v) is 5.20. The van der Waals surface area contributed by atoms with Gasteiger partial charge in [0, 0.05) is 7.05 Å². The summed E-state index contributed by atoms with van der Waals surface area (Å²) in [4.78, 5) is 0. The highest BCUT2D eigenvalue weighted by molar-refractivity contribution is 9.10. The van der Waals surface area contributed by atoms with Crippen molar-refractivity contribution < 1.29 is 8.42 Å². The molecule has 0 amide bonds. The highest BCUT2D eigenvalue weighted by Crippen LogP contribution is 2.26. The minimum Gasteiger partial charge on any atom is -0.278 e. The predicted octanol–water partition coefficient (Wildman–Crippen LogP) is 2.25. The molecule has 2 rings (SSSR count). The number of anilines is 1. The Morgan fingerprint density at radius 3 is 2.65 bits per heavy atom. The van der Waals surface area contributed by atoms with E-state index in [1.807, 2.05) is 32.0 Å². The number of para-hydroxylation sites is 1. The lowest BCUT2D eigenvalue weighted by Crippen LogP contribution is -2.18. The molecule has 0 unspecified atom stereocenters. The molecule has 0 radical (unpaired) electrons. The molecule has 1 aromatic carbocycles. The van der Waals surface area contributed by atoms with Gasteiger partial charge in [0.15, 0.2) is 4.60 Å². The highest BCUT2D eigenvalue weighted by atomic mass is 79.9. The van der Waals surface area contributed by atoms with Gasteiger partial charge in [-0.1, -0.05) is 30.3 Å². The lowest BCUT2D eigenvalue weighted by atomic mass is 10.1. The van der Waals surface area contributed by atoms with Crippen LogP contribution in [-0.4, -0.2) is 23.4 Å². The number of hydrogen-bond acceptors (Lipinski definition) is 4. The first kappa shape index (κ1) is 15.0. The second-order valence-corrected chi connectivity index (χ2v) is 6.73. The average molecular weight is 359 g/mol. The minimum absolute atomic E-state index is 0.00260. The van der Waals surface area contributed by atoms with Crippen LogP contribution in [0.3, 0.4) is 0 Å². The average Bonchev–Trinajstić information content (AvgIpc) is 2.72. The first-order valence-electron chi connectivity index (χ1n) is 6.03. The number of nitrogens with zero attached hydrogens (tertiary/aromatic N) is 3. The fourth-order valence-corrected chi connectivity index (χ4v) is 4.23.